The quantitative estimate of drug-likeness (QED) is 0.862. The number of ether oxygens (including phenoxy) is 1. The van der Waals surface area contributed by atoms with Gasteiger partial charge in [0.05, 0.1) is 7.11 Å². The average molecular weight is 315 g/mol. The van der Waals surface area contributed by atoms with Gasteiger partial charge in [-0.1, -0.05) is 17.7 Å². The lowest BCUT2D eigenvalue weighted by Crippen LogP contribution is -2.49. The van der Waals surface area contributed by atoms with Gasteiger partial charge < -0.3 is 10.5 Å². The van der Waals surface area contributed by atoms with Crippen LogP contribution in [0.2, 0.25) is 0 Å². The molecule has 21 heavy (non-hydrogen) atoms. The van der Waals surface area contributed by atoms with Gasteiger partial charge in [0, 0.05) is 6.04 Å². The summed E-state index contributed by atoms with van der Waals surface area (Å²) in [6.07, 6.45) is -11.5. The summed E-state index contributed by atoms with van der Waals surface area (Å²) in [5.41, 5.74) is 6.10. The van der Waals surface area contributed by atoms with Crippen LogP contribution in [-0.2, 0) is 6.42 Å². The smallest absolute Gasteiger partial charge is 0.402 e. The highest BCUT2D eigenvalue weighted by Crippen LogP contribution is 2.41. The zero-order valence-electron chi connectivity index (χ0n) is 11.3. The second kappa shape index (κ2) is 6.13. The molecule has 2 N–H and O–H groups in total. The van der Waals surface area contributed by atoms with E-state index in [9.17, 15) is 26.3 Å². The van der Waals surface area contributed by atoms with Gasteiger partial charge >= 0.3 is 12.4 Å². The third kappa shape index (κ3) is 4.52. The van der Waals surface area contributed by atoms with Crippen LogP contribution >= 0.6 is 0 Å². The molecule has 1 unspecified atom stereocenters. The molecule has 0 heterocycles. The van der Waals surface area contributed by atoms with E-state index in [1.54, 1.807) is 13.0 Å². The molecular weight excluding hydrogens is 300 g/mol. The van der Waals surface area contributed by atoms with Crippen molar-refractivity contribution in [2.75, 3.05) is 7.11 Å². The molecule has 0 saturated heterocycles. The first-order valence-electron chi connectivity index (χ1n) is 5.99. The topological polar surface area (TPSA) is 35.2 Å². The van der Waals surface area contributed by atoms with Crippen molar-refractivity contribution in [3.63, 3.8) is 0 Å². The SMILES string of the molecule is COc1ccc(C)cc1CC(N)C(C(F)(F)F)C(F)(F)F. The summed E-state index contributed by atoms with van der Waals surface area (Å²) in [6, 6.07) is 2.44. The normalized spacial score (nSPS) is 14.4. The molecule has 1 aromatic carbocycles. The summed E-state index contributed by atoms with van der Waals surface area (Å²) >= 11 is 0. The van der Waals surface area contributed by atoms with Crippen LogP contribution in [0, 0.1) is 12.8 Å². The first kappa shape index (κ1) is 17.6. The zero-order chi connectivity index (χ0) is 16.4. The Labute approximate surface area is 117 Å². The van der Waals surface area contributed by atoms with Crippen LogP contribution in [-0.4, -0.2) is 25.5 Å². The van der Waals surface area contributed by atoms with E-state index in [0.29, 0.717) is 5.56 Å². The lowest BCUT2D eigenvalue weighted by Gasteiger charge is -2.28. The number of hydrogen-bond acceptors (Lipinski definition) is 2. The summed E-state index contributed by atoms with van der Waals surface area (Å²) in [6.45, 7) is 1.67. The van der Waals surface area contributed by atoms with E-state index in [0.717, 1.165) is 0 Å². The third-order valence-corrected chi connectivity index (χ3v) is 3.02. The van der Waals surface area contributed by atoms with E-state index in [4.69, 9.17) is 10.5 Å². The number of benzene rings is 1. The second-order valence-corrected chi connectivity index (χ2v) is 4.74. The van der Waals surface area contributed by atoms with Crippen molar-refractivity contribution in [2.45, 2.75) is 31.7 Å². The molecule has 120 valence electrons. The monoisotopic (exact) mass is 315 g/mol. The highest BCUT2D eigenvalue weighted by atomic mass is 19.4. The van der Waals surface area contributed by atoms with Crippen LogP contribution < -0.4 is 10.5 Å². The summed E-state index contributed by atoms with van der Waals surface area (Å²) in [5.74, 6) is -3.37. The van der Waals surface area contributed by atoms with E-state index in [-0.39, 0.29) is 11.3 Å². The summed E-state index contributed by atoms with van der Waals surface area (Å²) in [5, 5.41) is 0. The van der Waals surface area contributed by atoms with Gasteiger partial charge in [-0.3, -0.25) is 0 Å². The van der Waals surface area contributed by atoms with Gasteiger partial charge in [0.2, 0.25) is 0 Å². The molecule has 2 nitrogen and oxygen atoms in total. The van der Waals surface area contributed by atoms with Gasteiger partial charge in [-0.05, 0) is 25.0 Å². The molecule has 0 aromatic heterocycles. The standard InChI is InChI=1S/C13H15F6NO/c1-7-3-4-10(21-2)8(5-7)6-9(20)11(12(14,15)16)13(17,18)19/h3-5,9,11H,6,20H2,1-2H3. The molecule has 0 spiro atoms. The van der Waals surface area contributed by atoms with Crippen molar-refractivity contribution in [3.05, 3.63) is 29.3 Å². The lowest BCUT2D eigenvalue weighted by atomic mass is 9.92. The van der Waals surface area contributed by atoms with E-state index in [2.05, 4.69) is 0 Å². The second-order valence-electron chi connectivity index (χ2n) is 4.74. The van der Waals surface area contributed by atoms with Crippen LogP contribution in [0.25, 0.3) is 0 Å². The molecule has 0 saturated carbocycles. The molecule has 0 aliphatic carbocycles. The fourth-order valence-electron chi connectivity index (χ4n) is 2.11. The van der Waals surface area contributed by atoms with Gasteiger partial charge in [0.25, 0.3) is 0 Å². The fraction of sp³-hybridized carbons (Fsp3) is 0.538. The number of alkyl halides is 6. The highest BCUT2D eigenvalue weighted by Gasteiger charge is 2.59. The van der Waals surface area contributed by atoms with Crippen LogP contribution in [0.1, 0.15) is 11.1 Å². The van der Waals surface area contributed by atoms with Crippen LogP contribution in [0.4, 0.5) is 26.3 Å². The van der Waals surface area contributed by atoms with Gasteiger partial charge in [-0.15, -0.1) is 0 Å². The molecule has 1 atom stereocenters. The number of methoxy groups -OCH3 is 1. The van der Waals surface area contributed by atoms with Gasteiger partial charge in [-0.2, -0.15) is 26.3 Å². The van der Waals surface area contributed by atoms with Crippen LogP contribution in [0.5, 0.6) is 5.75 Å². The van der Waals surface area contributed by atoms with Crippen molar-refractivity contribution in [1.29, 1.82) is 0 Å². The Morgan fingerprint density at radius 1 is 1.10 bits per heavy atom. The molecule has 0 amide bonds. The van der Waals surface area contributed by atoms with Crippen molar-refractivity contribution in [1.82, 2.24) is 0 Å². The molecule has 0 radical (unpaired) electrons. The van der Waals surface area contributed by atoms with Crippen molar-refractivity contribution in [2.24, 2.45) is 11.7 Å². The lowest BCUT2D eigenvalue weighted by molar-refractivity contribution is -0.289. The van der Waals surface area contributed by atoms with Crippen molar-refractivity contribution >= 4 is 0 Å². The van der Waals surface area contributed by atoms with Gasteiger partial charge in [-0.25, -0.2) is 0 Å². The van der Waals surface area contributed by atoms with Crippen LogP contribution in [0.3, 0.4) is 0 Å². The molecule has 8 heteroatoms. The number of rotatable bonds is 4. The number of hydrogen-bond donors (Lipinski definition) is 1. The van der Waals surface area contributed by atoms with E-state index in [1.165, 1.54) is 19.2 Å². The Morgan fingerprint density at radius 2 is 1.62 bits per heavy atom. The number of nitrogens with two attached hydrogens (primary N) is 1. The van der Waals surface area contributed by atoms with Crippen LogP contribution in [0.15, 0.2) is 18.2 Å². The molecular formula is C13H15F6NO. The van der Waals surface area contributed by atoms with Crippen molar-refractivity contribution < 1.29 is 31.1 Å². The minimum atomic E-state index is -5.45. The Hall–Kier alpha value is -1.44. The Bertz CT molecular complexity index is 469. The molecule has 0 aliphatic rings. The summed E-state index contributed by atoms with van der Waals surface area (Å²) < 4.78 is 80.5. The van der Waals surface area contributed by atoms with E-state index < -0.39 is 30.7 Å². The maximum atomic E-state index is 12.6. The number of halogens is 6. The largest absolute Gasteiger partial charge is 0.496 e. The third-order valence-electron chi connectivity index (χ3n) is 3.02. The number of aryl methyl sites for hydroxylation is 1. The zero-order valence-corrected chi connectivity index (χ0v) is 11.3. The maximum absolute atomic E-state index is 12.6. The van der Waals surface area contributed by atoms with Gasteiger partial charge in [0.15, 0.2) is 5.92 Å². The summed E-state index contributed by atoms with van der Waals surface area (Å²) in [4.78, 5) is 0. The average Bonchev–Trinajstić information content (AvgIpc) is 2.24. The Balaban J connectivity index is 3.08. The Morgan fingerprint density at radius 3 is 2.05 bits per heavy atom. The first-order chi connectivity index (χ1) is 9.46. The van der Waals surface area contributed by atoms with Gasteiger partial charge in [0.1, 0.15) is 5.75 Å². The molecule has 0 fully saturated rings. The molecule has 1 rings (SSSR count). The van der Waals surface area contributed by atoms with Crippen molar-refractivity contribution in [3.8, 4) is 5.75 Å². The minimum Gasteiger partial charge on any atom is -0.496 e. The molecule has 0 aliphatic heterocycles. The Kier molecular flexibility index (Phi) is 5.14. The highest BCUT2D eigenvalue weighted by molar-refractivity contribution is 5.37. The summed E-state index contributed by atoms with van der Waals surface area (Å²) in [7, 11) is 1.28. The predicted octanol–water partition coefficient (Wildman–Crippen LogP) is 3.61. The maximum Gasteiger partial charge on any atom is 0.402 e. The molecule has 1 aromatic rings. The fourth-order valence-corrected chi connectivity index (χ4v) is 2.11. The van der Waals surface area contributed by atoms with E-state index >= 15 is 0 Å². The predicted molar refractivity (Wildman–Crippen MR) is 65.0 cm³/mol. The van der Waals surface area contributed by atoms with E-state index in [1.807, 2.05) is 0 Å². The minimum absolute atomic E-state index is 0.208. The molecule has 0 bridgehead atoms. The first-order valence-corrected chi connectivity index (χ1v) is 5.99.